The maximum absolute atomic E-state index is 10.9. The van der Waals surface area contributed by atoms with Crippen LogP contribution in [0.15, 0.2) is 42.5 Å². The Hall–Kier alpha value is -2.31. The molecule has 94 valence electrons. The number of rotatable bonds is 4. The van der Waals surface area contributed by atoms with Gasteiger partial charge < -0.3 is 4.74 Å². The van der Waals surface area contributed by atoms with Crippen molar-refractivity contribution >= 4 is 17.9 Å². The summed E-state index contributed by atoms with van der Waals surface area (Å²) in [4.78, 5) is 10.9. The van der Waals surface area contributed by atoms with Crippen molar-refractivity contribution in [3.63, 3.8) is 0 Å². The maximum Gasteiger partial charge on any atom is 0.153 e. The highest BCUT2D eigenvalue weighted by molar-refractivity contribution is 6.30. The maximum atomic E-state index is 10.9. The monoisotopic (exact) mass is 271 g/mol. The zero-order chi connectivity index (χ0) is 13.7. The van der Waals surface area contributed by atoms with Crippen LogP contribution in [0.1, 0.15) is 15.9 Å². The van der Waals surface area contributed by atoms with Crippen LogP contribution in [0.2, 0.25) is 5.02 Å². The summed E-state index contributed by atoms with van der Waals surface area (Å²) >= 11 is 5.81. The first kappa shape index (κ1) is 13.1. The zero-order valence-electron chi connectivity index (χ0n) is 9.97. The molecule has 0 saturated carbocycles. The standard InChI is InChI=1S/C15H10ClNO2/c16-13-3-6-15(12(9-13)10-18)19-14-4-1-11(2-5-14)7-8-17/h1-6,9-10H,7H2. The Morgan fingerprint density at radius 2 is 1.95 bits per heavy atom. The van der Waals surface area contributed by atoms with Gasteiger partial charge in [0.2, 0.25) is 0 Å². The van der Waals surface area contributed by atoms with E-state index in [0.717, 1.165) is 5.56 Å². The first-order valence-electron chi connectivity index (χ1n) is 5.61. The lowest BCUT2D eigenvalue weighted by Gasteiger charge is -2.08. The van der Waals surface area contributed by atoms with E-state index in [4.69, 9.17) is 21.6 Å². The Balaban J connectivity index is 2.21. The molecule has 0 fully saturated rings. The number of hydrogen-bond donors (Lipinski definition) is 0. The van der Waals surface area contributed by atoms with E-state index in [-0.39, 0.29) is 0 Å². The minimum atomic E-state index is 0.362. The Bertz CT molecular complexity index is 630. The first-order valence-corrected chi connectivity index (χ1v) is 5.99. The second-order valence-corrected chi connectivity index (χ2v) is 4.32. The molecule has 0 aliphatic heterocycles. The van der Waals surface area contributed by atoms with Crippen LogP contribution < -0.4 is 4.74 Å². The van der Waals surface area contributed by atoms with Crippen LogP contribution in [0.5, 0.6) is 11.5 Å². The third-order valence-corrected chi connectivity index (χ3v) is 2.77. The summed E-state index contributed by atoms with van der Waals surface area (Å²) in [5.74, 6) is 1.06. The lowest BCUT2D eigenvalue weighted by Crippen LogP contribution is -1.91. The molecule has 2 rings (SSSR count). The van der Waals surface area contributed by atoms with Crippen LogP contribution in [0.3, 0.4) is 0 Å². The number of hydrogen-bond acceptors (Lipinski definition) is 3. The van der Waals surface area contributed by atoms with Gasteiger partial charge in [-0.2, -0.15) is 5.26 Å². The SMILES string of the molecule is N#CCc1ccc(Oc2ccc(Cl)cc2C=O)cc1. The molecule has 19 heavy (non-hydrogen) atoms. The molecule has 0 spiro atoms. The molecule has 0 aliphatic rings. The molecule has 0 aliphatic carbocycles. The number of aldehydes is 1. The molecule has 0 aromatic heterocycles. The van der Waals surface area contributed by atoms with Gasteiger partial charge in [-0.05, 0) is 35.9 Å². The molecule has 0 unspecified atom stereocenters. The van der Waals surface area contributed by atoms with Gasteiger partial charge in [0.1, 0.15) is 11.5 Å². The van der Waals surface area contributed by atoms with Crippen LogP contribution in [-0.4, -0.2) is 6.29 Å². The highest BCUT2D eigenvalue weighted by Gasteiger charge is 2.05. The summed E-state index contributed by atoms with van der Waals surface area (Å²) in [6.45, 7) is 0. The highest BCUT2D eigenvalue weighted by Crippen LogP contribution is 2.27. The molecular weight excluding hydrogens is 262 g/mol. The fraction of sp³-hybridized carbons (Fsp3) is 0.0667. The average Bonchev–Trinajstić information content (AvgIpc) is 2.43. The number of nitrogens with zero attached hydrogens (tertiary/aromatic N) is 1. The predicted molar refractivity (Wildman–Crippen MR) is 72.7 cm³/mol. The quantitative estimate of drug-likeness (QED) is 0.790. The summed E-state index contributed by atoms with van der Waals surface area (Å²) < 4.78 is 5.62. The molecule has 0 atom stereocenters. The van der Waals surface area contributed by atoms with Crippen LogP contribution in [-0.2, 0) is 6.42 Å². The molecule has 2 aromatic rings. The van der Waals surface area contributed by atoms with Gasteiger partial charge in [0.05, 0.1) is 18.1 Å². The average molecular weight is 272 g/mol. The predicted octanol–water partition coefficient (Wildman–Crippen LogP) is 4.01. The number of halogens is 1. The van der Waals surface area contributed by atoms with Crippen molar-refractivity contribution in [3.05, 3.63) is 58.6 Å². The van der Waals surface area contributed by atoms with Gasteiger partial charge in [-0.1, -0.05) is 23.7 Å². The van der Waals surface area contributed by atoms with Gasteiger partial charge in [-0.3, -0.25) is 4.79 Å². The van der Waals surface area contributed by atoms with Gasteiger partial charge in [0, 0.05) is 5.02 Å². The van der Waals surface area contributed by atoms with Crippen molar-refractivity contribution in [2.75, 3.05) is 0 Å². The van der Waals surface area contributed by atoms with Crippen LogP contribution in [0.25, 0.3) is 0 Å². The summed E-state index contributed by atoms with van der Waals surface area (Å²) in [6.07, 6.45) is 1.06. The number of carbonyl (C=O) groups excluding carboxylic acids is 1. The highest BCUT2D eigenvalue weighted by atomic mass is 35.5. The molecule has 0 saturated heterocycles. The van der Waals surface area contributed by atoms with E-state index < -0.39 is 0 Å². The molecule has 0 bridgehead atoms. The van der Waals surface area contributed by atoms with E-state index in [1.807, 2.05) is 12.1 Å². The van der Waals surface area contributed by atoms with E-state index in [2.05, 4.69) is 6.07 Å². The topological polar surface area (TPSA) is 50.1 Å². The lowest BCUT2D eigenvalue weighted by atomic mass is 10.1. The molecule has 0 N–H and O–H groups in total. The fourth-order valence-electron chi connectivity index (χ4n) is 1.60. The summed E-state index contributed by atoms with van der Waals surface area (Å²) in [6, 6.07) is 14.1. The molecule has 0 heterocycles. The second kappa shape index (κ2) is 6.03. The van der Waals surface area contributed by atoms with Gasteiger partial charge in [0.25, 0.3) is 0 Å². The minimum Gasteiger partial charge on any atom is -0.457 e. The second-order valence-electron chi connectivity index (χ2n) is 3.88. The Kier molecular flexibility index (Phi) is 4.17. The van der Waals surface area contributed by atoms with Crippen molar-refractivity contribution in [1.29, 1.82) is 5.26 Å². The van der Waals surface area contributed by atoms with Crippen molar-refractivity contribution < 1.29 is 9.53 Å². The van der Waals surface area contributed by atoms with Gasteiger partial charge >= 0.3 is 0 Å². The third-order valence-electron chi connectivity index (χ3n) is 2.53. The molecule has 2 aromatic carbocycles. The zero-order valence-corrected chi connectivity index (χ0v) is 10.7. The van der Waals surface area contributed by atoms with Crippen LogP contribution in [0.4, 0.5) is 0 Å². The Labute approximate surface area is 116 Å². The van der Waals surface area contributed by atoms with Gasteiger partial charge in [-0.25, -0.2) is 0 Å². The number of benzene rings is 2. The molecule has 4 heteroatoms. The molecule has 0 radical (unpaired) electrons. The van der Waals surface area contributed by atoms with Crippen LogP contribution >= 0.6 is 11.6 Å². The Morgan fingerprint density at radius 3 is 2.58 bits per heavy atom. The number of ether oxygens (including phenoxy) is 1. The van der Waals surface area contributed by atoms with Gasteiger partial charge in [0.15, 0.2) is 6.29 Å². The smallest absolute Gasteiger partial charge is 0.153 e. The van der Waals surface area contributed by atoms with E-state index in [9.17, 15) is 4.79 Å². The van der Waals surface area contributed by atoms with Crippen molar-refractivity contribution in [1.82, 2.24) is 0 Å². The number of carbonyl (C=O) groups is 1. The van der Waals surface area contributed by atoms with E-state index in [0.29, 0.717) is 34.8 Å². The fourth-order valence-corrected chi connectivity index (χ4v) is 1.78. The normalized spacial score (nSPS) is 9.68. The summed E-state index contributed by atoms with van der Waals surface area (Å²) in [5, 5.41) is 9.07. The van der Waals surface area contributed by atoms with Crippen molar-refractivity contribution in [2.45, 2.75) is 6.42 Å². The number of nitriles is 1. The molecular formula is C15H10ClNO2. The van der Waals surface area contributed by atoms with Crippen molar-refractivity contribution in [3.8, 4) is 17.6 Å². The van der Waals surface area contributed by atoms with E-state index >= 15 is 0 Å². The Morgan fingerprint density at radius 1 is 1.21 bits per heavy atom. The third kappa shape index (κ3) is 3.34. The van der Waals surface area contributed by atoms with Gasteiger partial charge in [-0.15, -0.1) is 0 Å². The van der Waals surface area contributed by atoms with Crippen molar-refractivity contribution in [2.24, 2.45) is 0 Å². The molecule has 0 amide bonds. The molecule has 3 nitrogen and oxygen atoms in total. The van der Waals surface area contributed by atoms with E-state index in [1.54, 1.807) is 30.3 Å². The summed E-state index contributed by atoms with van der Waals surface area (Å²) in [5.41, 5.74) is 1.31. The largest absolute Gasteiger partial charge is 0.457 e. The summed E-state index contributed by atoms with van der Waals surface area (Å²) in [7, 11) is 0. The van der Waals surface area contributed by atoms with Crippen LogP contribution in [0, 0.1) is 11.3 Å². The van der Waals surface area contributed by atoms with E-state index in [1.165, 1.54) is 0 Å². The minimum absolute atomic E-state index is 0.362. The lowest BCUT2D eigenvalue weighted by molar-refractivity contribution is 0.112. The first-order chi connectivity index (χ1) is 9.22.